The van der Waals surface area contributed by atoms with Crippen molar-refractivity contribution in [3.63, 3.8) is 0 Å². The Bertz CT molecular complexity index is 1150. The number of carbonyl (C=O) groups excluding carboxylic acids is 1. The van der Waals surface area contributed by atoms with Gasteiger partial charge in [-0.1, -0.05) is 29.0 Å². The predicted octanol–water partition coefficient (Wildman–Crippen LogP) is 5.46. The molecule has 0 aliphatic rings. The third-order valence-corrected chi connectivity index (χ3v) is 6.21. The number of pyridine rings is 1. The number of carbonyl (C=O) groups is 1. The van der Waals surface area contributed by atoms with E-state index in [-0.39, 0.29) is 24.4 Å². The van der Waals surface area contributed by atoms with E-state index in [1.807, 2.05) is 6.07 Å². The Kier molecular flexibility index (Phi) is 5.34. The van der Waals surface area contributed by atoms with Crippen molar-refractivity contribution in [1.82, 2.24) is 9.97 Å². The van der Waals surface area contributed by atoms with Gasteiger partial charge in [-0.2, -0.15) is 0 Å². The number of benzene rings is 1. The highest BCUT2D eigenvalue weighted by Gasteiger charge is 2.22. The summed E-state index contributed by atoms with van der Waals surface area (Å²) in [5.41, 5.74) is 0.843. The zero-order chi connectivity index (χ0) is 19.7. The molecular formula is C19H12ClF2N3OS2. The van der Waals surface area contributed by atoms with Crippen LogP contribution >= 0.6 is 34.3 Å². The molecule has 3 heterocycles. The van der Waals surface area contributed by atoms with Crippen LogP contribution in [0, 0.1) is 11.6 Å². The van der Waals surface area contributed by atoms with Crippen molar-refractivity contribution < 1.29 is 13.6 Å². The molecule has 1 aromatic carbocycles. The van der Waals surface area contributed by atoms with E-state index in [0.717, 1.165) is 27.8 Å². The van der Waals surface area contributed by atoms with Gasteiger partial charge in [0.25, 0.3) is 0 Å². The zero-order valence-corrected chi connectivity index (χ0v) is 16.6. The van der Waals surface area contributed by atoms with Crippen LogP contribution in [0.25, 0.3) is 10.2 Å². The fraction of sp³-hybridized carbons (Fsp3) is 0.105. The Morgan fingerprint density at radius 2 is 2.04 bits per heavy atom. The minimum Gasteiger partial charge on any atom is -0.283 e. The van der Waals surface area contributed by atoms with Crippen LogP contribution in [-0.2, 0) is 17.8 Å². The topological polar surface area (TPSA) is 46.1 Å². The molecule has 9 heteroatoms. The molecule has 4 aromatic rings. The number of hydrogen-bond donors (Lipinski definition) is 0. The first kappa shape index (κ1) is 18.9. The van der Waals surface area contributed by atoms with Crippen LogP contribution in [0.15, 0.2) is 48.8 Å². The maximum atomic E-state index is 14.1. The lowest BCUT2D eigenvalue weighted by atomic mass is 10.2. The summed E-state index contributed by atoms with van der Waals surface area (Å²) < 4.78 is 28.6. The van der Waals surface area contributed by atoms with Crippen molar-refractivity contribution >= 4 is 55.5 Å². The van der Waals surface area contributed by atoms with Crippen LogP contribution in [-0.4, -0.2) is 15.9 Å². The average Bonchev–Trinajstić information content (AvgIpc) is 3.26. The number of rotatable bonds is 5. The van der Waals surface area contributed by atoms with Crippen molar-refractivity contribution in [1.29, 1.82) is 0 Å². The second-order valence-corrected chi connectivity index (χ2v) is 8.76. The van der Waals surface area contributed by atoms with Gasteiger partial charge in [0.2, 0.25) is 5.91 Å². The predicted molar refractivity (Wildman–Crippen MR) is 108 cm³/mol. The Labute approximate surface area is 172 Å². The number of amides is 1. The van der Waals surface area contributed by atoms with Crippen molar-refractivity contribution in [3.8, 4) is 0 Å². The van der Waals surface area contributed by atoms with E-state index in [1.165, 1.54) is 22.3 Å². The van der Waals surface area contributed by atoms with Crippen LogP contribution in [0.2, 0.25) is 4.34 Å². The zero-order valence-electron chi connectivity index (χ0n) is 14.2. The lowest BCUT2D eigenvalue weighted by molar-refractivity contribution is -0.118. The van der Waals surface area contributed by atoms with Crippen LogP contribution in [0.1, 0.15) is 10.4 Å². The van der Waals surface area contributed by atoms with E-state index in [4.69, 9.17) is 11.6 Å². The quantitative estimate of drug-likeness (QED) is 0.418. The fourth-order valence-electron chi connectivity index (χ4n) is 2.69. The number of anilines is 1. The first-order valence-electron chi connectivity index (χ1n) is 8.18. The van der Waals surface area contributed by atoms with Gasteiger partial charge in [-0.15, -0.1) is 11.3 Å². The lowest BCUT2D eigenvalue weighted by Gasteiger charge is -2.19. The monoisotopic (exact) mass is 435 g/mol. The first-order valence-corrected chi connectivity index (χ1v) is 10.2. The molecule has 4 nitrogen and oxygen atoms in total. The Hall–Kier alpha value is -2.42. The van der Waals surface area contributed by atoms with Crippen LogP contribution in [0.4, 0.5) is 13.9 Å². The number of halogens is 3. The highest BCUT2D eigenvalue weighted by molar-refractivity contribution is 7.22. The molecule has 0 bridgehead atoms. The second kappa shape index (κ2) is 7.90. The molecule has 0 aliphatic heterocycles. The van der Waals surface area contributed by atoms with Gasteiger partial charge in [0.15, 0.2) is 10.9 Å². The second-order valence-electron chi connectivity index (χ2n) is 5.95. The number of hydrogen-bond acceptors (Lipinski definition) is 5. The molecule has 0 atom stereocenters. The molecule has 3 aromatic heterocycles. The Morgan fingerprint density at radius 3 is 2.75 bits per heavy atom. The number of thiazole rings is 1. The van der Waals surface area contributed by atoms with Gasteiger partial charge >= 0.3 is 0 Å². The van der Waals surface area contributed by atoms with Gasteiger partial charge in [-0.25, -0.2) is 13.8 Å². The van der Waals surface area contributed by atoms with Crippen LogP contribution in [0.3, 0.4) is 0 Å². The number of nitrogens with zero attached hydrogens (tertiary/aromatic N) is 3. The highest BCUT2D eigenvalue weighted by atomic mass is 35.5. The summed E-state index contributed by atoms with van der Waals surface area (Å²) in [7, 11) is 0. The van der Waals surface area contributed by atoms with E-state index in [0.29, 0.717) is 14.2 Å². The SMILES string of the molecule is O=C(Cc1ccc(Cl)s1)N(Cc1cccnc1)c1nc2c(F)cc(F)cc2s1. The van der Waals surface area contributed by atoms with Gasteiger partial charge in [0.1, 0.15) is 11.3 Å². The maximum absolute atomic E-state index is 14.1. The van der Waals surface area contributed by atoms with Gasteiger partial charge in [-0.3, -0.25) is 14.7 Å². The Balaban J connectivity index is 1.71. The molecular weight excluding hydrogens is 424 g/mol. The van der Waals surface area contributed by atoms with Crippen molar-refractivity contribution in [2.24, 2.45) is 0 Å². The summed E-state index contributed by atoms with van der Waals surface area (Å²) in [6.45, 7) is 0.218. The van der Waals surface area contributed by atoms with Crippen LogP contribution < -0.4 is 4.90 Å². The van der Waals surface area contributed by atoms with E-state index in [9.17, 15) is 13.6 Å². The number of aromatic nitrogens is 2. The molecule has 0 aliphatic carbocycles. The van der Waals surface area contributed by atoms with Gasteiger partial charge in [0, 0.05) is 23.3 Å². The fourth-order valence-corrected chi connectivity index (χ4v) is 4.79. The molecule has 28 heavy (non-hydrogen) atoms. The Morgan fingerprint density at radius 1 is 1.18 bits per heavy atom. The summed E-state index contributed by atoms with van der Waals surface area (Å²) in [5, 5.41) is 0.302. The molecule has 0 N–H and O–H groups in total. The molecule has 1 amide bonds. The van der Waals surface area contributed by atoms with Gasteiger partial charge < -0.3 is 0 Å². The van der Waals surface area contributed by atoms with E-state index in [2.05, 4.69) is 9.97 Å². The molecule has 0 spiro atoms. The van der Waals surface area contributed by atoms with E-state index >= 15 is 0 Å². The minimum atomic E-state index is -0.753. The molecule has 142 valence electrons. The molecule has 0 saturated carbocycles. The average molecular weight is 436 g/mol. The maximum Gasteiger partial charge on any atom is 0.234 e. The summed E-state index contributed by atoms with van der Waals surface area (Å²) in [5.74, 6) is -1.66. The van der Waals surface area contributed by atoms with Gasteiger partial charge in [0.05, 0.1) is 22.0 Å². The standard InChI is InChI=1S/C19H12ClF2N3OS2/c20-16-4-3-13(27-16)8-17(26)25(10-11-2-1-5-23-9-11)19-24-18-14(22)6-12(21)7-15(18)28-19/h1-7,9H,8,10H2. The highest BCUT2D eigenvalue weighted by Crippen LogP contribution is 2.33. The largest absolute Gasteiger partial charge is 0.283 e. The number of thiophene rings is 1. The van der Waals surface area contributed by atoms with Gasteiger partial charge in [-0.05, 0) is 29.8 Å². The summed E-state index contributed by atoms with van der Waals surface area (Å²) in [6, 6.07) is 9.13. The van der Waals surface area contributed by atoms with E-state index in [1.54, 1.807) is 30.6 Å². The molecule has 4 rings (SSSR count). The molecule has 0 radical (unpaired) electrons. The van der Waals surface area contributed by atoms with Crippen molar-refractivity contribution in [3.05, 3.63) is 75.2 Å². The van der Waals surface area contributed by atoms with Crippen LogP contribution in [0.5, 0.6) is 0 Å². The third kappa shape index (κ3) is 4.04. The molecule has 0 fully saturated rings. The lowest BCUT2D eigenvalue weighted by Crippen LogP contribution is -2.31. The summed E-state index contributed by atoms with van der Waals surface area (Å²) in [4.78, 5) is 23.6. The van der Waals surface area contributed by atoms with Crippen molar-refractivity contribution in [2.45, 2.75) is 13.0 Å². The number of fused-ring (bicyclic) bond motifs is 1. The summed E-state index contributed by atoms with van der Waals surface area (Å²) in [6.07, 6.45) is 3.42. The normalized spacial score (nSPS) is 11.1. The minimum absolute atomic E-state index is 0.0459. The summed E-state index contributed by atoms with van der Waals surface area (Å²) >= 11 is 8.35. The van der Waals surface area contributed by atoms with E-state index < -0.39 is 11.6 Å². The van der Waals surface area contributed by atoms with Crippen molar-refractivity contribution in [2.75, 3.05) is 4.90 Å². The third-order valence-electron chi connectivity index (χ3n) is 3.95. The molecule has 0 saturated heterocycles. The molecule has 0 unspecified atom stereocenters. The smallest absolute Gasteiger partial charge is 0.234 e. The first-order chi connectivity index (χ1) is 13.5.